The van der Waals surface area contributed by atoms with E-state index in [-0.39, 0.29) is 77.7 Å². The minimum absolute atomic E-state index is 0. The van der Waals surface area contributed by atoms with E-state index in [1.807, 2.05) is 0 Å². The van der Waals surface area contributed by atoms with Crippen LogP contribution in [0.5, 0.6) is 0 Å². The monoisotopic (exact) mass is 516 g/mol. The third-order valence-corrected chi connectivity index (χ3v) is 9.45. The van der Waals surface area contributed by atoms with E-state index in [4.69, 9.17) is 0 Å². The molecule has 4 aliphatic rings. The SMILES string of the molecule is CC1CC2C3CCC4=CC(=O)C=CC4(C)C3(F)C(O)CC2(C)C1(O)C(=O)COP(=O)([O-])[O-].[Na+].[Na+]. The first-order chi connectivity index (χ1) is 14.6. The van der Waals surface area contributed by atoms with Crippen molar-refractivity contribution in [3.05, 3.63) is 23.8 Å². The van der Waals surface area contributed by atoms with Gasteiger partial charge in [0.15, 0.2) is 17.2 Å². The first-order valence-electron chi connectivity index (χ1n) is 10.8. The Morgan fingerprint density at radius 1 is 1.29 bits per heavy atom. The second-order valence-electron chi connectivity index (χ2n) is 10.3. The van der Waals surface area contributed by atoms with Crippen LogP contribution in [0.25, 0.3) is 0 Å². The summed E-state index contributed by atoms with van der Waals surface area (Å²) in [5.74, 6) is -3.06. The Morgan fingerprint density at radius 3 is 2.50 bits per heavy atom. The molecule has 3 saturated carbocycles. The molecule has 8 unspecified atom stereocenters. The van der Waals surface area contributed by atoms with Crippen molar-refractivity contribution in [2.24, 2.45) is 28.6 Å². The number of carbonyl (C=O) groups is 2. The first-order valence-corrected chi connectivity index (χ1v) is 12.3. The number of aliphatic hydroxyl groups excluding tert-OH is 1. The first kappa shape index (κ1) is 31.0. The Hall–Kier alpha value is 0.780. The van der Waals surface area contributed by atoms with Gasteiger partial charge in [-0.1, -0.05) is 25.5 Å². The topological polar surface area (TPSA) is 147 Å². The van der Waals surface area contributed by atoms with Gasteiger partial charge in [-0.05, 0) is 56.6 Å². The predicted octanol–water partition coefficient (Wildman–Crippen LogP) is -5.24. The number of hydrogen-bond donors (Lipinski definition) is 2. The molecule has 178 valence electrons. The summed E-state index contributed by atoms with van der Waals surface area (Å²) in [6.45, 7) is 3.80. The number of halogens is 1. The van der Waals surface area contributed by atoms with E-state index < -0.39 is 66.2 Å². The van der Waals surface area contributed by atoms with Crippen LogP contribution in [0.4, 0.5) is 4.39 Å². The maximum absolute atomic E-state index is 17.0. The minimum Gasteiger partial charge on any atom is -0.790 e. The van der Waals surface area contributed by atoms with Gasteiger partial charge in [0.2, 0.25) is 0 Å². The van der Waals surface area contributed by atoms with Crippen LogP contribution >= 0.6 is 7.82 Å². The molecule has 0 aromatic rings. The Bertz CT molecular complexity index is 984. The zero-order valence-electron chi connectivity index (χ0n) is 20.2. The summed E-state index contributed by atoms with van der Waals surface area (Å²) in [6.07, 6.45) is 3.54. The number of hydrogen-bond acceptors (Lipinski definition) is 8. The number of phosphoric acid groups is 1. The second kappa shape index (κ2) is 9.83. The molecule has 0 amide bonds. The summed E-state index contributed by atoms with van der Waals surface area (Å²) >= 11 is 0. The molecule has 0 aromatic carbocycles. The number of aliphatic hydroxyl groups is 2. The zero-order chi connectivity index (χ0) is 23.9. The van der Waals surface area contributed by atoms with Gasteiger partial charge >= 0.3 is 59.1 Å². The van der Waals surface area contributed by atoms with Crippen molar-refractivity contribution in [3.8, 4) is 0 Å². The molecule has 8 atom stereocenters. The van der Waals surface area contributed by atoms with Crippen molar-refractivity contribution in [1.29, 1.82) is 0 Å². The average molecular weight is 516 g/mol. The molecule has 0 radical (unpaired) electrons. The molecule has 4 aliphatic carbocycles. The number of fused-ring (bicyclic) bond motifs is 5. The summed E-state index contributed by atoms with van der Waals surface area (Å²) in [6, 6.07) is 0. The summed E-state index contributed by atoms with van der Waals surface area (Å²) < 4.78 is 32.0. The number of ketones is 2. The normalized spacial score (nSPS) is 45.2. The van der Waals surface area contributed by atoms with Crippen molar-refractivity contribution >= 4 is 19.4 Å². The van der Waals surface area contributed by atoms with Crippen LogP contribution in [0.1, 0.15) is 46.5 Å². The van der Waals surface area contributed by atoms with E-state index in [0.717, 1.165) is 0 Å². The second-order valence-corrected chi connectivity index (χ2v) is 11.5. The standard InChI is InChI=1S/C22H30FO8P.2Na/c1-12-8-16-15-5-4-13-9-14(24)6-7-19(13,2)21(15,23)17(25)10-20(16,3)22(12,27)18(26)11-31-32(28,29)30;;/h6-7,9,12,15-17,25,27H,4-5,8,10-11H2,1-3H3,(H2,28,29,30);;/q;2*+1/p-2. The number of phosphoric ester groups is 1. The van der Waals surface area contributed by atoms with E-state index in [2.05, 4.69) is 4.52 Å². The third kappa shape index (κ3) is 4.20. The summed E-state index contributed by atoms with van der Waals surface area (Å²) in [4.78, 5) is 46.6. The maximum Gasteiger partial charge on any atom is 1.00 e. The van der Waals surface area contributed by atoms with Gasteiger partial charge in [-0.25, -0.2) is 4.39 Å². The summed E-state index contributed by atoms with van der Waals surface area (Å²) in [5, 5.41) is 22.8. The van der Waals surface area contributed by atoms with Crippen LogP contribution in [-0.2, 0) is 18.7 Å². The largest absolute Gasteiger partial charge is 1.00 e. The van der Waals surface area contributed by atoms with Crippen LogP contribution in [0.3, 0.4) is 0 Å². The molecule has 12 heteroatoms. The molecular formula is C22H28FNa2O8P. The average Bonchev–Trinajstić information content (AvgIpc) is 2.89. The Balaban J connectivity index is 0.00000204. The van der Waals surface area contributed by atoms with Gasteiger partial charge < -0.3 is 29.1 Å². The van der Waals surface area contributed by atoms with Crippen molar-refractivity contribution in [1.82, 2.24) is 0 Å². The number of allylic oxidation sites excluding steroid dienone is 4. The predicted molar refractivity (Wildman–Crippen MR) is 106 cm³/mol. The molecule has 0 aromatic heterocycles. The van der Waals surface area contributed by atoms with Gasteiger partial charge in [-0.15, -0.1) is 0 Å². The Morgan fingerprint density at radius 2 is 1.91 bits per heavy atom. The van der Waals surface area contributed by atoms with Gasteiger partial charge in [0.1, 0.15) is 12.2 Å². The molecule has 4 rings (SSSR count). The van der Waals surface area contributed by atoms with Crippen molar-refractivity contribution in [2.75, 3.05) is 6.61 Å². The fourth-order valence-electron chi connectivity index (χ4n) is 7.39. The number of alkyl halides is 1. The van der Waals surface area contributed by atoms with E-state index >= 15 is 4.39 Å². The summed E-state index contributed by atoms with van der Waals surface area (Å²) in [7, 11) is -5.43. The van der Waals surface area contributed by atoms with Crippen molar-refractivity contribution < 1.29 is 102 Å². The zero-order valence-corrected chi connectivity index (χ0v) is 25.1. The smallest absolute Gasteiger partial charge is 0.790 e. The Labute approximate surface area is 242 Å². The fourth-order valence-corrected chi connectivity index (χ4v) is 7.66. The molecule has 2 N–H and O–H groups in total. The van der Waals surface area contributed by atoms with E-state index in [1.165, 1.54) is 18.2 Å². The number of carbonyl (C=O) groups excluding carboxylic acids is 2. The van der Waals surface area contributed by atoms with Crippen LogP contribution in [0.2, 0.25) is 0 Å². The van der Waals surface area contributed by atoms with Crippen molar-refractivity contribution in [3.63, 3.8) is 0 Å². The number of Topliss-reactive ketones (excluding diaryl/α,β-unsaturated/α-hetero) is 1. The molecule has 8 nitrogen and oxygen atoms in total. The molecule has 3 fully saturated rings. The fraction of sp³-hybridized carbons (Fsp3) is 0.727. The molecule has 0 bridgehead atoms. The van der Waals surface area contributed by atoms with Gasteiger partial charge in [-0.3, -0.25) is 9.59 Å². The van der Waals surface area contributed by atoms with E-state index in [0.29, 0.717) is 18.4 Å². The van der Waals surface area contributed by atoms with Gasteiger partial charge in [0, 0.05) is 16.7 Å². The molecule has 0 aliphatic heterocycles. The Kier molecular flexibility index (Phi) is 8.96. The van der Waals surface area contributed by atoms with E-state index in [9.17, 15) is 34.2 Å². The molecule has 0 spiro atoms. The van der Waals surface area contributed by atoms with Crippen LogP contribution in [0, 0.1) is 28.6 Å². The molecular weight excluding hydrogens is 488 g/mol. The van der Waals surface area contributed by atoms with Crippen LogP contribution in [0.15, 0.2) is 23.8 Å². The van der Waals surface area contributed by atoms with E-state index in [1.54, 1.807) is 20.8 Å². The van der Waals surface area contributed by atoms with Crippen LogP contribution in [-0.4, -0.2) is 45.8 Å². The molecule has 0 heterocycles. The third-order valence-electron chi connectivity index (χ3n) is 9.00. The molecule has 0 saturated heterocycles. The van der Waals surface area contributed by atoms with Gasteiger partial charge in [-0.2, -0.15) is 0 Å². The number of rotatable bonds is 4. The quantitative estimate of drug-likeness (QED) is 0.279. The maximum atomic E-state index is 17.0. The minimum atomic E-state index is -5.43. The van der Waals surface area contributed by atoms with Gasteiger partial charge in [0.05, 0.1) is 13.9 Å². The van der Waals surface area contributed by atoms with Crippen LogP contribution < -0.4 is 68.9 Å². The van der Waals surface area contributed by atoms with Gasteiger partial charge in [0.25, 0.3) is 0 Å². The van der Waals surface area contributed by atoms with Crippen molar-refractivity contribution in [2.45, 2.75) is 63.8 Å². The summed E-state index contributed by atoms with van der Waals surface area (Å²) in [5.41, 5.74) is -6.03. The molecule has 34 heavy (non-hydrogen) atoms.